The Labute approximate surface area is 136 Å². The van der Waals surface area contributed by atoms with E-state index in [0.29, 0.717) is 5.56 Å². The van der Waals surface area contributed by atoms with Gasteiger partial charge in [0.2, 0.25) is 0 Å². The maximum Gasteiger partial charge on any atom is 0.335 e. The second-order valence-corrected chi connectivity index (χ2v) is 5.63. The number of carbonyl (C=O) groups is 1. The van der Waals surface area contributed by atoms with E-state index < -0.39 is 5.97 Å². The first kappa shape index (κ1) is 17.2. The summed E-state index contributed by atoms with van der Waals surface area (Å²) in [6, 6.07) is 15.1. The predicted molar refractivity (Wildman–Crippen MR) is 88.9 cm³/mol. The summed E-state index contributed by atoms with van der Waals surface area (Å²) in [4.78, 5) is 12.6. The number of rotatable bonds is 3. The number of carboxylic acid groups (broad SMARTS) is 1. The second kappa shape index (κ2) is 9.06. The topological polar surface area (TPSA) is 40.5 Å². The lowest BCUT2D eigenvalue weighted by molar-refractivity contribution is 0.0697. The number of carboxylic acids is 1. The number of halogens is 1. The first-order valence-corrected chi connectivity index (χ1v) is 7.90. The Kier molecular flexibility index (Phi) is 6.76. The number of aromatic carboxylic acids is 1. The zero-order valence-electron chi connectivity index (χ0n) is 13.1. The van der Waals surface area contributed by atoms with Gasteiger partial charge in [-0.2, -0.15) is 0 Å². The van der Waals surface area contributed by atoms with Crippen molar-refractivity contribution in [2.75, 3.05) is 13.1 Å². The molecule has 0 saturated carbocycles. The van der Waals surface area contributed by atoms with Gasteiger partial charge in [0.15, 0.2) is 0 Å². The second-order valence-electron chi connectivity index (χ2n) is 5.63. The molecule has 0 amide bonds. The molecule has 1 saturated heterocycles. The Morgan fingerprint density at radius 2 is 1.57 bits per heavy atom. The summed E-state index contributed by atoms with van der Waals surface area (Å²) in [6.45, 7) is 3.36. The molecule has 4 heteroatoms. The third-order valence-electron chi connectivity index (χ3n) is 3.79. The van der Waals surface area contributed by atoms with Crippen LogP contribution in [0.4, 0.5) is 4.39 Å². The van der Waals surface area contributed by atoms with Gasteiger partial charge in [-0.05, 0) is 55.8 Å². The van der Waals surface area contributed by atoms with E-state index in [9.17, 15) is 9.18 Å². The third kappa shape index (κ3) is 6.20. The molecule has 0 atom stereocenters. The zero-order chi connectivity index (χ0) is 16.5. The van der Waals surface area contributed by atoms with Gasteiger partial charge in [0.05, 0.1) is 5.56 Å². The highest BCUT2D eigenvalue weighted by Gasteiger charge is 2.09. The van der Waals surface area contributed by atoms with Crippen LogP contribution >= 0.6 is 0 Å². The van der Waals surface area contributed by atoms with Crippen LogP contribution in [0.2, 0.25) is 0 Å². The summed E-state index contributed by atoms with van der Waals surface area (Å²) >= 11 is 0. The Morgan fingerprint density at radius 1 is 0.957 bits per heavy atom. The van der Waals surface area contributed by atoms with Gasteiger partial charge in [0.1, 0.15) is 5.82 Å². The number of piperidine rings is 1. The molecule has 1 N–H and O–H groups in total. The maximum atomic E-state index is 12.7. The molecule has 0 bridgehead atoms. The summed E-state index contributed by atoms with van der Waals surface area (Å²) in [5.41, 5.74) is 1.55. The highest BCUT2D eigenvalue weighted by molar-refractivity contribution is 5.87. The molecule has 122 valence electrons. The van der Waals surface area contributed by atoms with E-state index in [-0.39, 0.29) is 5.82 Å². The Hall–Kier alpha value is -2.20. The highest BCUT2D eigenvalue weighted by Crippen LogP contribution is 2.13. The number of benzene rings is 2. The molecule has 3 rings (SSSR count). The molecule has 1 heterocycles. The predicted octanol–water partition coefficient (Wildman–Crippen LogP) is 4.20. The SMILES string of the molecule is Fc1ccc(CN2CCCCC2)cc1.O=C(O)c1ccccc1. The van der Waals surface area contributed by atoms with Crippen LogP contribution in [0.3, 0.4) is 0 Å². The molecule has 2 aromatic carbocycles. The zero-order valence-corrected chi connectivity index (χ0v) is 13.1. The summed E-state index contributed by atoms with van der Waals surface area (Å²) in [5.74, 6) is -1.03. The molecular formula is C19H22FNO2. The van der Waals surface area contributed by atoms with Gasteiger partial charge in [0, 0.05) is 6.54 Å². The van der Waals surface area contributed by atoms with Crippen molar-refractivity contribution in [2.24, 2.45) is 0 Å². The highest BCUT2D eigenvalue weighted by atomic mass is 19.1. The fourth-order valence-electron chi connectivity index (χ4n) is 2.55. The van der Waals surface area contributed by atoms with Crippen molar-refractivity contribution in [3.05, 3.63) is 71.5 Å². The molecule has 23 heavy (non-hydrogen) atoms. The standard InChI is InChI=1S/C12H16FN.C7H6O2/c13-12-6-4-11(5-7-12)10-14-8-2-1-3-9-14;8-7(9)6-4-2-1-3-5-6/h4-7H,1-3,8-10H2;1-5H,(H,8,9). The molecule has 0 unspecified atom stereocenters. The van der Waals surface area contributed by atoms with Crippen LogP contribution in [0.5, 0.6) is 0 Å². The van der Waals surface area contributed by atoms with Crippen molar-refractivity contribution in [2.45, 2.75) is 25.8 Å². The molecule has 0 radical (unpaired) electrons. The van der Waals surface area contributed by atoms with Crippen LogP contribution in [0.25, 0.3) is 0 Å². The van der Waals surface area contributed by atoms with Gasteiger partial charge < -0.3 is 5.11 Å². The molecule has 0 aromatic heterocycles. The maximum absolute atomic E-state index is 12.7. The fraction of sp³-hybridized carbons (Fsp3) is 0.316. The van der Waals surface area contributed by atoms with Crippen molar-refractivity contribution in [1.29, 1.82) is 0 Å². The summed E-state index contributed by atoms with van der Waals surface area (Å²) < 4.78 is 12.7. The van der Waals surface area contributed by atoms with Crippen LogP contribution in [0.15, 0.2) is 54.6 Å². The monoisotopic (exact) mass is 315 g/mol. The van der Waals surface area contributed by atoms with E-state index in [1.165, 1.54) is 37.9 Å². The Balaban J connectivity index is 0.000000185. The van der Waals surface area contributed by atoms with Crippen molar-refractivity contribution >= 4 is 5.97 Å². The number of hydrogen-bond donors (Lipinski definition) is 1. The lowest BCUT2D eigenvalue weighted by Gasteiger charge is -2.26. The van der Waals surface area contributed by atoms with Gasteiger partial charge in [-0.1, -0.05) is 36.8 Å². The van der Waals surface area contributed by atoms with Crippen LogP contribution in [-0.4, -0.2) is 29.1 Å². The van der Waals surface area contributed by atoms with Crippen molar-refractivity contribution in [1.82, 2.24) is 4.90 Å². The minimum Gasteiger partial charge on any atom is -0.478 e. The number of hydrogen-bond acceptors (Lipinski definition) is 2. The van der Waals surface area contributed by atoms with Gasteiger partial charge in [-0.3, -0.25) is 4.90 Å². The van der Waals surface area contributed by atoms with Gasteiger partial charge in [-0.15, -0.1) is 0 Å². The molecule has 3 nitrogen and oxygen atoms in total. The molecule has 0 spiro atoms. The first-order chi connectivity index (χ1) is 11.1. The van der Waals surface area contributed by atoms with E-state index in [1.54, 1.807) is 42.5 Å². The Bertz CT molecular complexity index is 593. The van der Waals surface area contributed by atoms with Crippen molar-refractivity contribution < 1.29 is 14.3 Å². The first-order valence-electron chi connectivity index (χ1n) is 7.90. The van der Waals surface area contributed by atoms with E-state index in [0.717, 1.165) is 6.54 Å². The molecule has 1 fully saturated rings. The van der Waals surface area contributed by atoms with Crippen LogP contribution in [0.1, 0.15) is 35.2 Å². The van der Waals surface area contributed by atoms with Gasteiger partial charge in [0.25, 0.3) is 0 Å². The van der Waals surface area contributed by atoms with Gasteiger partial charge in [-0.25, -0.2) is 9.18 Å². The average molecular weight is 315 g/mol. The lowest BCUT2D eigenvalue weighted by atomic mass is 10.1. The van der Waals surface area contributed by atoms with Crippen molar-refractivity contribution in [3.8, 4) is 0 Å². The summed E-state index contributed by atoms with van der Waals surface area (Å²) in [7, 11) is 0. The molecule has 2 aromatic rings. The van der Waals surface area contributed by atoms with E-state index in [1.807, 2.05) is 12.1 Å². The van der Waals surface area contributed by atoms with E-state index in [2.05, 4.69) is 4.90 Å². The van der Waals surface area contributed by atoms with Crippen LogP contribution < -0.4 is 0 Å². The quantitative estimate of drug-likeness (QED) is 0.923. The van der Waals surface area contributed by atoms with Crippen molar-refractivity contribution in [3.63, 3.8) is 0 Å². The smallest absolute Gasteiger partial charge is 0.335 e. The molecule has 1 aliphatic heterocycles. The third-order valence-corrected chi connectivity index (χ3v) is 3.79. The molecule has 1 aliphatic rings. The number of likely N-dealkylation sites (tertiary alicyclic amines) is 1. The largest absolute Gasteiger partial charge is 0.478 e. The fourth-order valence-corrected chi connectivity index (χ4v) is 2.55. The lowest BCUT2D eigenvalue weighted by Crippen LogP contribution is -2.29. The normalized spacial score (nSPS) is 14.7. The minimum absolute atomic E-state index is 0.146. The molecular weight excluding hydrogens is 293 g/mol. The average Bonchev–Trinajstić information content (AvgIpc) is 2.59. The van der Waals surface area contributed by atoms with Crippen LogP contribution in [-0.2, 0) is 6.54 Å². The summed E-state index contributed by atoms with van der Waals surface area (Å²) in [5, 5.41) is 8.38. The van der Waals surface area contributed by atoms with Crippen LogP contribution in [0, 0.1) is 5.82 Å². The molecule has 0 aliphatic carbocycles. The van der Waals surface area contributed by atoms with E-state index in [4.69, 9.17) is 5.11 Å². The Morgan fingerprint density at radius 3 is 2.09 bits per heavy atom. The van der Waals surface area contributed by atoms with Gasteiger partial charge >= 0.3 is 5.97 Å². The summed E-state index contributed by atoms with van der Waals surface area (Å²) in [6.07, 6.45) is 3.97. The number of nitrogens with zero attached hydrogens (tertiary/aromatic N) is 1. The van der Waals surface area contributed by atoms with E-state index >= 15 is 0 Å². The minimum atomic E-state index is -0.879.